The minimum Gasteiger partial charge on any atom is -0.450 e. The van der Waals surface area contributed by atoms with E-state index in [-0.39, 0.29) is 11.6 Å². The second-order valence-corrected chi connectivity index (χ2v) is 5.99. The van der Waals surface area contributed by atoms with Crippen LogP contribution in [-0.2, 0) is 13.8 Å². The first-order valence-corrected chi connectivity index (χ1v) is 7.32. The number of benzene rings is 1. The van der Waals surface area contributed by atoms with Crippen LogP contribution >= 0.6 is 22.3 Å². The van der Waals surface area contributed by atoms with Gasteiger partial charge in [-0.25, -0.2) is 17.6 Å². The van der Waals surface area contributed by atoms with Gasteiger partial charge in [-0.3, -0.25) is 5.32 Å². The summed E-state index contributed by atoms with van der Waals surface area (Å²) in [6.45, 7) is 1.65. The van der Waals surface area contributed by atoms with Gasteiger partial charge in [0.25, 0.3) is 9.05 Å². The molecule has 0 spiro atoms. The lowest BCUT2D eigenvalue weighted by atomic mass is 10.3. The van der Waals surface area contributed by atoms with Crippen LogP contribution in [0.4, 0.5) is 14.9 Å². The number of carbonyl (C=O) groups excluding carboxylic acids is 1. The first-order valence-electron chi connectivity index (χ1n) is 4.63. The van der Waals surface area contributed by atoms with Gasteiger partial charge in [0, 0.05) is 10.7 Å². The fraction of sp³-hybridized carbons (Fsp3) is 0.222. The lowest BCUT2D eigenvalue weighted by molar-refractivity contribution is 0.168. The number of hydrogen-bond donors (Lipinski definition) is 1. The number of carbonyl (C=O) groups is 1. The SMILES string of the molecule is CCOC(=O)Nc1cc(S(=O)(=O)Cl)c(Cl)cc1F. The maximum absolute atomic E-state index is 13.4. The lowest BCUT2D eigenvalue weighted by Gasteiger charge is -2.08. The molecule has 0 aliphatic carbocycles. The highest BCUT2D eigenvalue weighted by molar-refractivity contribution is 8.13. The van der Waals surface area contributed by atoms with E-state index in [0.717, 1.165) is 12.1 Å². The van der Waals surface area contributed by atoms with Crippen LogP contribution < -0.4 is 5.32 Å². The Labute approximate surface area is 112 Å². The van der Waals surface area contributed by atoms with Crippen molar-refractivity contribution >= 4 is 43.1 Å². The molecule has 0 heterocycles. The second kappa shape index (κ2) is 5.73. The van der Waals surface area contributed by atoms with Gasteiger partial charge in [0.1, 0.15) is 10.7 Å². The third kappa shape index (κ3) is 3.72. The number of nitrogens with one attached hydrogen (secondary N) is 1. The summed E-state index contributed by atoms with van der Waals surface area (Å²) >= 11 is 5.54. The molecule has 0 saturated heterocycles. The van der Waals surface area contributed by atoms with Crippen LogP contribution in [-0.4, -0.2) is 21.1 Å². The van der Waals surface area contributed by atoms with Gasteiger partial charge in [0.15, 0.2) is 0 Å². The molecule has 1 N–H and O–H groups in total. The summed E-state index contributed by atoms with van der Waals surface area (Å²) in [5.41, 5.74) is -0.392. The summed E-state index contributed by atoms with van der Waals surface area (Å²) in [5, 5.41) is 1.66. The minimum atomic E-state index is -4.14. The molecule has 0 fully saturated rings. The quantitative estimate of drug-likeness (QED) is 0.870. The highest BCUT2D eigenvalue weighted by Crippen LogP contribution is 2.30. The first kappa shape index (κ1) is 15.0. The Balaban J connectivity index is 3.18. The Morgan fingerprint density at radius 2 is 2.11 bits per heavy atom. The predicted molar refractivity (Wildman–Crippen MR) is 65.1 cm³/mol. The summed E-state index contributed by atoms with van der Waals surface area (Å²) < 4.78 is 40.2. The Hall–Kier alpha value is -1.05. The van der Waals surface area contributed by atoms with Crippen LogP contribution in [0.15, 0.2) is 17.0 Å². The summed E-state index contributed by atoms with van der Waals surface area (Å²) in [6.07, 6.45) is -0.920. The van der Waals surface area contributed by atoms with Crippen molar-refractivity contribution in [1.82, 2.24) is 0 Å². The molecule has 18 heavy (non-hydrogen) atoms. The molecule has 5 nitrogen and oxygen atoms in total. The largest absolute Gasteiger partial charge is 0.450 e. The molecule has 1 aromatic carbocycles. The van der Waals surface area contributed by atoms with Crippen LogP contribution in [0.3, 0.4) is 0 Å². The van der Waals surface area contributed by atoms with E-state index in [4.69, 9.17) is 22.3 Å². The molecule has 1 amide bonds. The van der Waals surface area contributed by atoms with Gasteiger partial charge in [-0.15, -0.1) is 0 Å². The number of amides is 1. The Kier molecular flexibility index (Phi) is 4.78. The summed E-state index contributed by atoms with van der Waals surface area (Å²) in [6, 6.07) is 1.55. The average Bonchev–Trinajstić information content (AvgIpc) is 2.20. The van der Waals surface area contributed by atoms with E-state index < -0.39 is 31.5 Å². The maximum atomic E-state index is 13.4. The van der Waals surface area contributed by atoms with Crippen molar-refractivity contribution < 1.29 is 22.3 Å². The van der Waals surface area contributed by atoms with Gasteiger partial charge in [0.05, 0.1) is 17.3 Å². The molecule has 1 rings (SSSR count). The van der Waals surface area contributed by atoms with Gasteiger partial charge in [-0.2, -0.15) is 0 Å². The molecular formula is C9H8Cl2FNO4S. The average molecular weight is 316 g/mol. The Morgan fingerprint density at radius 1 is 1.50 bits per heavy atom. The molecule has 1 aromatic rings. The first-order chi connectivity index (χ1) is 8.25. The smallest absolute Gasteiger partial charge is 0.411 e. The number of ether oxygens (including phenoxy) is 1. The number of rotatable bonds is 3. The zero-order chi connectivity index (χ0) is 13.9. The molecule has 0 bridgehead atoms. The molecular weight excluding hydrogens is 308 g/mol. The highest BCUT2D eigenvalue weighted by Gasteiger charge is 2.19. The number of halogens is 3. The van der Waals surface area contributed by atoms with Crippen LogP contribution in [0.2, 0.25) is 5.02 Å². The normalized spacial score (nSPS) is 11.1. The van der Waals surface area contributed by atoms with Gasteiger partial charge in [-0.1, -0.05) is 11.6 Å². The molecule has 0 radical (unpaired) electrons. The van der Waals surface area contributed by atoms with Crippen molar-refractivity contribution in [3.63, 3.8) is 0 Å². The monoisotopic (exact) mass is 315 g/mol. The standard InChI is InChI=1S/C9H8Cl2FNO4S/c1-2-17-9(14)13-7-4-8(18(11,15)16)5(10)3-6(7)12/h3-4H,2H2,1H3,(H,13,14). The van der Waals surface area contributed by atoms with E-state index in [9.17, 15) is 17.6 Å². The molecule has 0 aliphatic heterocycles. The van der Waals surface area contributed by atoms with Crippen molar-refractivity contribution in [2.24, 2.45) is 0 Å². The predicted octanol–water partition coefficient (Wildman–Crippen LogP) is 2.98. The molecule has 9 heteroatoms. The third-order valence-corrected chi connectivity index (χ3v) is 3.58. The van der Waals surface area contributed by atoms with Crippen molar-refractivity contribution in [2.45, 2.75) is 11.8 Å². The van der Waals surface area contributed by atoms with Crippen LogP contribution in [0.1, 0.15) is 6.92 Å². The molecule has 0 aromatic heterocycles. The van der Waals surface area contributed by atoms with Crippen molar-refractivity contribution in [3.05, 3.63) is 23.0 Å². The second-order valence-electron chi connectivity index (χ2n) is 3.05. The number of anilines is 1. The Bertz CT molecular complexity index is 576. The molecule has 0 unspecified atom stereocenters. The lowest BCUT2D eigenvalue weighted by Crippen LogP contribution is -2.14. The van der Waals surface area contributed by atoms with Crippen molar-refractivity contribution in [3.8, 4) is 0 Å². The fourth-order valence-electron chi connectivity index (χ4n) is 1.09. The van der Waals surface area contributed by atoms with Crippen LogP contribution in [0.5, 0.6) is 0 Å². The maximum Gasteiger partial charge on any atom is 0.411 e. The molecule has 0 atom stereocenters. The van der Waals surface area contributed by atoms with Crippen LogP contribution in [0.25, 0.3) is 0 Å². The summed E-state index contributed by atoms with van der Waals surface area (Å²) in [5.74, 6) is -0.905. The van der Waals surface area contributed by atoms with Gasteiger partial charge < -0.3 is 4.74 Å². The third-order valence-electron chi connectivity index (χ3n) is 1.80. The Morgan fingerprint density at radius 3 is 2.61 bits per heavy atom. The minimum absolute atomic E-state index is 0.0850. The zero-order valence-corrected chi connectivity index (χ0v) is 11.4. The van der Waals surface area contributed by atoms with E-state index in [1.165, 1.54) is 0 Å². The summed E-state index contributed by atoms with van der Waals surface area (Å²) in [4.78, 5) is 10.6. The van der Waals surface area contributed by atoms with E-state index in [1.54, 1.807) is 6.92 Å². The van der Waals surface area contributed by atoms with Crippen molar-refractivity contribution in [1.29, 1.82) is 0 Å². The van der Waals surface area contributed by atoms with E-state index in [0.29, 0.717) is 0 Å². The van der Waals surface area contributed by atoms with Crippen LogP contribution in [0, 0.1) is 5.82 Å². The number of hydrogen-bond acceptors (Lipinski definition) is 4. The van der Waals surface area contributed by atoms with Gasteiger partial charge >= 0.3 is 6.09 Å². The van der Waals surface area contributed by atoms with E-state index in [2.05, 4.69) is 4.74 Å². The highest BCUT2D eigenvalue weighted by atomic mass is 35.7. The van der Waals surface area contributed by atoms with E-state index in [1.807, 2.05) is 5.32 Å². The van der Waals surface area contributed by atoms with Gasteiger partial charge in [0.2, 0.25) is 0 Å². The molecule has 100 valence electrons. The van der Waals surface area contributed by atoms with Crippen molar-refractivity contribution in [2.75, 3.05) is 11.9 Å². The van der Waals surface area contributed by atoms with E-state index >= 15 is 0 Å². The fourth-order valence-corrected chi connectivity index (χ4v) is 2.60. The van der Waals surface area contributed by atoms with Gasteiger partial charge in [-0.05, 0) is 19.1 Å². The molecule has 0 saturated carbocycles. The molecule has 0 aliphatic rings. The topological polar surface area (TPSA) is 72.5 Å². The zero-order valence-electron chi connectivity index (χ0n) is 9.04. The summed E-state index contributed by atoms with van der Waals surface area (Å²) in [7, 11) is 0.968.